The lowest BCUT2D eigenvalue weighted by molar-refractivity contribution is -0.187. The van der Waals surface area contributed by atoms with Gasteiger partial charge < -0.3 is 14.7 Å². The summed E-state index contributed by atoms with van der Waals surface area (Å²) >= 11 is 0. The zero-order chi connectivity index (χ0) is 16.9. The summed E-state index contributed by atoms with van der Waals surface area (Å²) in [5.41, 5.74) is -0.433. The number of amides is 1. The molecule has 1 amide bonds. The van der Waals surface area contributed by atoms with Crippen LogP contribution in [0, 0.1) is 11.8 Å². The molecule has 6 heteroatoms. The molecule has 2 rings (SSSR count). The number of piperidine rings is 2. The quantitative estimate of drug-likeness (QED) is 0.858. The number of ether oxygens (including phenoxy) is 1. The van der Waals surface area contributed by atoms with Crippen LogP contribution in [-0.4, -0.2) is 66.2 Å². The molecule has 0 atom stereocenters. The van der Waals surface area contributed by atoms with E-state index in [4.69, 9.17) is 14.7 Å². The first-order valence-corrected chi connectivity index (χ1v) is 8.84. The molecular weight excluding hydrogens is 296 g/mol. The fourth-order valence-electron chi connectivity index (χ4n) is 3.04. The number of rotatable bonds is 4. The van der Waals surface area contributed by atoms with Gasteiger partial charge in [0.2, 0.25) is 0 Å². The van der Waals surface area contributed by atoms with Crippen LogP contribution in [0.3, 0.4) is 0 Å². The monoisotopic (exact) mass is 328 g/mol. The molecule has 0 unspecified atom stereocenters. The number of aliphatic hydroxyl groups excluding tert-OH is 1. The molecule has 2 aliphatic heterocycles. The molecule has 0 aromatic carbocycles. The molecule has 2 aliphatic rings. The smallest absolute Gasteiger partial charge is 0.410 e. The van der Waals surface area contributed by atoms with E-state index < -0.39 is 5.60 Å². The van der Waals surface area contributed by atoms with Crippen molar-refractivity contribution in [1.82, 2.24) is 9.96 Å². The largest absolute Gasteiger partial charge is 0.444 e. The third-order valence-corrected chi connectivity index (χ3v) is 4.59. The van der Waals surface area contributed by atoms with Crippen molar-refractivity contribution in [2.24, 2.45) is 11.8 Å². The molecule has 2 fully saturated rings. The van der Waals surface area contributed by atoms with Crippen molar-refractivity contribution in [2.45, 2.75) is 52.1 Å². The lowest BCUT2D eigenvalue weighted by Gasteiger charge is -2.35. The topological polar surface area (TPSA) is 62.2 Å². The molecule has 6 nitrogen and oxygen atoms in total. The number of likely N-dealkylation sites (tertiary alicyclic amines) is 1. The number of carbonyl (C=O) groups is 1. The second kappa shape index (κ2) is 8.31. The van der Waals surface area contributed by atoms with Crippen molar-refractivity contribution in [1.29, 1.82) is 0 Å². The van der Waals surface area contributed by atoms with Crippen LogP contribution < -0.4 is 0 Å². The SMILES string of the molecule is CC(C)(C)OC(=O)N1CCC(CON2CCC(CO)CC2)CC1. The first-order valence-electron chi connectivity index (χ1n) is 8.84. The molecule has 0 aromatic rings. The number of hydroxylamine groups is 2. The van der Waals surface area contributed by atoms with Gasteiger partial charge in [0.05, 0.1) is 6.61 Å². The highest BCUT2D eigenvalue weighted by molar-refractivity contribution is 5.68. The number of hydrogen-bond acceptors (Lipinski definition) is 5. The molecule has 0 radical (unpaired) electrons. The van der Waals surface area contributed by atoms with Crippen LogP contribution >= 0.6 is 0 Å². The van der Waals surface area contributed by atoms with Crippen LogP contribution in [0.5, 0.6) is 0 Å². The van der Waals surface area contributed by atoms with Crippen LogP contribution in [0.4, 0.5) is 4.79 Å². The molecule has 0 aromatic heterocycles. The molecular formula is C17H32N2O4. The Morgan fingerprint density at radius 2 is 1.61 bits per heavy atom. The maximum atomic E-state index is 12.0. The lowest BCUT2D eigenvalue weighted by atomic mass is 9.98. The lowest BCUT2D eigenvalue weighted by Crippen LogP contribution is -2.43. The van der Waals surface area contributed by atoms with Gasteiger partial charge in [-0.05, 0) is 58.3 Å². The zero-order valence-corrected chi connectivity index (χ0v) is 14.8. The van der Waals surface area contributed by atoms with Gasteiger partial charge >= 0.3 is 6.09 Å². The van der Waals surface area contributed by atoms with Crippen molar-refractivity contribution in [3.63, 3.8) is 0 Å². The maximum absolute atomic E-state index is 12.0. The minimum atomic E-state index is -0.433. The minimum Gasteiger partial charge on any atom is -0.444 e. The normalized spacial score (nSPS) is 22.3. The fraction of sp³-hybridized carbons (Fsp3) is 0.941. The molecule has 23 heavy (non-hydrogen) atoms. The molecule has 1 N–H and O–H groups in total. The van der Waals surface area contributed by atoms with Gasteiger partial charge in [0.25, 0.3) is 0 Å². The highest BCUT2D eigenvalue weighted by Crippen LogP contribution is 2.22. The predicted octanol–water partition coefficient (Wildman–Crippen LogP) is 2.27. The van der Waals surface area contributed by atoms with E-state index in [2.05, 4.69) is 0 Å². The molecule has 0 aliphatic carbocycles. The molecule has 0 spiro atoms. The van der Waals surface area contributed by atoms with Crippen molar-refractivity contribution >= 4 is 6.09 Å². The van der Waals surface area contributed by atoms with E-state index in [0.717, 1.165) is 58.5 Å². The van der Waals surface area contributed by atoms with E-state index in [1.54, 1.807) is 4.90 Å². The van der Waals surface area contributed by atoms with Gasteiger partial charge in [-0.1, -0.05) is 0 Å². The average Bonchev–Trinajstić information content (AvgIpc) is 2.52. The molecule has 2 saturated heterocycles. The van der Waals surface area contributed by atoms with Crippen LogP contribution in [0.2, 0.25) is 0 Å². The summed E-state index contributed by atoms with van der Waals surface area (Å²) in [6.45, 7) is 10.0. The van der Waals surface area contributed by atoms with E-state index >= 15 is 0 Å². The average molecular weight is 328 g/mol. The fourth-order valence-corrected chi connectivity index (χ4v) is 3.04. The summed E-state index contributed by atoms with van der Waals surface area (Å²) in [6, 6.07) is 0. The summed E-state index contributed by atoms with van der Waals surface area (Å²) in [5.74, 6) is 0.941. The third kappa shape index (κ3) is 6.28. The molecule has 2 heterocycles. The predicted molar refractivity (Wildman–Crippen MR) is 87.9 cm³/mol. The van der Waals surface area contributed by atoms with Crippen molar-refractivity contribution < 1.29 is 19.5 Å². The minimum absolute atomic E-state index is 0.206. The standard InChI is InChI=1S/C17H32N2O4/c1-17(2,3)23-16(21)18-8-4-15(5-9-18)13-22-19-10-6-14(12-20)7-11-19/h14-15,20H,4-13H2,1-3H3. The summed E-state index contributed by atoms with van der Waals surface area (Å²) in [5, 5.41) is 11.2. The van der Waals surface area contributed by atoms with E-state index in [1.807, 2.05) is 25.8 Å². The van der Waals surface area contributed by atoms with Crippen LogP contribution in [-0.2, 0) is 9.57 Å². The van der Waals surface area contributed by atoms with Gasteiger partial charge in [-0.15, -0.1) is 0 Å². The van der Waals surface area contributed by atoms with Crippen molar-refractivity contribution in [2.75, 3.05) is 39.4 Å². The van der Waals surface area contributed by atoms with E-state index in [1.165, 1.54) is 0 Å². The summed E-state index contributed by atoms with van der Waals surface area (Å²) in [6.07, 6.45) is 3.74. The van der Waals surface area contributed by atoms with Gasteiger partial charge in [-0.25, -0.2) is 4.79 Å². The Labute approximate surface area is 139 Å². The number of aliphatic hydroxyl groups is 1. The molecule has 0 saturated carbocycles. The van der Waals surface area contributed by atoms with E-state index in [-0.39, 0.29) is 12.7 Å². The number of hydrogen-bond donors (Lipinski definition) is 1. The Morgan fingerprint density at radius 3 is 2.13 bits per heavy atom. The maximum Gasteiger partial charge on any atom is 0.410 e. The van der Waals surface area contributed by atoms with Gasteiger partial charge in [-0.2, -0.15) is 5.06 Å². The van der Waals surface area contributed by atoms with Crippen LogP contribution in [0.25, 0.3) is 0 Å². The second-order valence-corrected chi connectivity index (χ2v) is 7.76. The zero-order valence-electron chi connectivity index (χ0n) is 14.8. The van der Waals surface area contributed by atoms with Gasteiger partial charge in [-0.3, -0.25) is 4.84 Å². The first kappa shape index (κ1) is 18.5. The van der Waals surface area contributed by atoms with E-state index in [0.29, 0.717) is 11.8 Å². The van der Waals surface area contributed by atoms with E-state index in [9.17, 15) is 4.79 Å². The van der Waals surface area contributed by atoms with Crippen molar-refractivity contribution in [3.05, 3.63) is 0 Å². The Balaban J connectivity index is 1.62. The van der Waals surface area contributed by atoms with Crippen LogP contribution in [0.15, 0.2) is 0 Å². The number of nitrogens with zero attached hydrogens (tertiary/aromatic N) is 2. The Morgan fingerprint density at radius 1 is 1.04 bits per heavy atom. The Bertz CT molecular complexity index is 367. The van der Waals surface area contributed by atoms with Crippen LogP contribution in [0.1, 0.15) is 46.5 Å². The third-order valence-electron chi connectivity index (χ3n) is 4.59. The molecule has 0 bridgehead atoms. The second-order valence-electron chi connectivity index (χ2n) is 7.76. The summed E-state index contributed by atoms with van der Waals surface area (Å²) in [4.78, 5) is 19.7. The number of carbonyl (C=O) groups excluding carboxylic acids is 1. The van der Waals surface area contributed by atoms with Gasteiger partial charge in [0.1, 0.15) is 5.60 Å². The summed E-state index contributed by atoms with van der Waals surface area (Å²) < 4.78 is 5.42. The van der Waals surface area contributed by atoms with Gasteiger partial charge in [0.15, 0.2) is 0 Å². The highest BCUT2D eigenvalue weighted by Gasteiger charge is 2.27. The highest BCUT2D eigenvalue weighted by atomic mass is 16.7. The Kier molecular flexibility index (Phi) is 6.68. The summed E-state index contributed by atoms with van der Waals surface area (Å²) in [7, 11) is 0. The first-order chi connectivity index (χ1) is 10.9. The van der Waals surface area contributed by atoms with Gasteiger partial charge in [0, 0.05) is 32.8 Å². The Hall–Kier alpha value is -0.850. The molecule has 134 valence electrons. The van der Waals surface area contributed by atoms with Crippen molar-refractivity contribution in [3.8, 4) is 0 Å².